The van der Waals surface area contributed by atoms with Crippen molar-refractivity contribution in [1.82, 2.24) is 0 Å². The Morgan fingerprint density at radius 2 is 1.11 bits per heavy atom. The highest BCUT2D eigenvalue weighted by molar-refractivity contribution is 5.70. The van der Waals surface area contributed by atoms with Crippen molar-refractivity contribution in [2.45, 2.75) is 71.1 Å². The second-order valence-electron chi connectivity index (χ2n) is 7.60. The topological polar surface area (TPSA) is 35.2 Å². The first-order valence-electron chi connectivity index (χ1n) is 11.0. The summed E-state index contributed by atoms with van der Waals surface area (Å²) in [5.74, 6) is 0.959. The maximum atomic E-state index is 5.87. The third-order valence-electron chi connectivity index (χ3n) is 5.05. The molecule has 0 aliphatic rings. The molecule has 0 saturated carbocycles. The predicted molar refractivity (Wildman–Crippen MR) is 124 cm³/mol. The first-order chi connectivity index (χ1) is 13.8. The summed E-state index contributed by atoms with van der Waals surface area (Å²) < 4.78 is 5.87. The molecule has 0 spiro atoms. The number of nitrogen functional groups attached to an aromatic ring is 1. The Bertz CT molecular complexity index is 658. The van der Waals surface area contributed by atoms with E-state index in [0.29, 0.717) is 0 Å². The van der Waals surface area contributed by atoms with Gasteiger partial charge in [-0.25, -0.2) is 0 Å². The maximum absolute atomic E-state index is 5.87. The third kappa shape index (κ3) is 9.64. The SMILES string of the molecule is CCCCCCCCCCCCOc1ccc(/C=C/c2ccc(N)cc2)cc1. The van der Waals surface area contributed by atoms with E-state index in [1.54, 1.807) is 0 Å². The molecule has 2 N–H and O–H groups in total. The number of rotatable bonds is 14. The number of anilines is 1. The van der Waals surface area contributed by atoms with Crippen molar-refractivity contribution in [2.24, 2.45) is 0 Å². The molecule has 152 valence electrons. The molecule has 2 aromatic rings. The standard InChI is InChI=1S/C26H37NO/c1-2-3-4-5-6-7-8-9-10-11-22-28-26-20-16-24(17-21-26)13-12-23-14-18-25(27)19-15-23/h12-21H,2-11,22,27H2,1H3/b13-12+. The van der Waals surface area contributed by atoms with E-state index in [9.17, 15) is 0 Å². The Labute approximate surface area is 171 Å². The molecule has 0 aliphatic heterocycles. The molecule has 28 heavy (non-hydrogen) atoms. The number of benzene rings is 2. The lowest BCUT2D eigenvalue weighted by atomic mass is 10.1. The molecular formula is C26H37NO. The van der Waals surface area contributed by atoms with Crippen molar-refractivity contribution in [1.29, 1.82) is 0 Å². The Morgan fingerprint density at radius 3 is 1.64 bits per heavy atom. The van der Waals surface area contributed by atoms with E-state index in [1.165, 1.54) is 63.4 Å². The van der Waals surface area contributed by atoms with E-state index in [-0.39, 0.29) is 0 Å². The van der Waals surface area contributed by atoms with Crippen LogP contribution in [0, 0.1) is 0 Å². The highest BCUT2D eigenvalue weighted by atomic mass is 16.5. The van der Waals surface area contributed by atoms with Gasteiger partial charge in [0.05, 0.1) is 6.61 Å². The molecule has 2 nitrogen and oxygen atoms in total. The molecule has 2 rings (SSSR count). The van der Waals surface area contributed by atoms with Gasteiger partial charge in [0.1, 0.15) is 5.75 Å². The molecule has 0 radical (unpaired) electrons. The van der Waals surface area contributed by atoms with E-state index in [2.05, 4.69) is 43.3 Å². The van der Waals surface area contributed by atoms with Crippen LogP contribution in [0.4, 0.5) is 5.69 Å². The molecule has 2 aromatic carbocycles. The average Bonchev–Trinajstić information content (AvgIpc) is 2.72. The summed E-state index contributed by atoms with van der Waals surface area (Å²) in [5, 5.41) is 0. The van der Waals surface area contributed by atoms with Crippen LogP contribution in [-0.4, -0.2) is 6.61 Å². The van der Waals surface area contributed by atoms with Gasteiger partial charge in [0, 0.05) is 5.69 Å². The fourth-order valence-electron chi connectivity index (χ4n) is 3.25. The van der Waals surface area contributed by atoms with Crippen LogP contribution in [0.15, 0.2) is 48.5 Å². The Morgan fingerprint density at radius 1 is 0.643 bits per heavy atom. The molecule has 0 fully saturated rings. The van der Waals surface area contributed by atoms with Crippen LogP contribution in [0.3, 0.4) is 0 Å². The Kier molecular flexibility index (Phi) is 10.9. The highest BCUT2D eigenvalue weighted by Crippen LogP contribution is 2.16. The summed E-state index contributed by atoms with van der Waals surface area (Å²) in [7, 11) is 0. The summed E-state index contributed by atoms with van der Waals surface area (Å²) in [4.78, 5) is 0. The fourth-order valence-corrected chi connectivity index (χ4v) is 3.25. The summed E-state index contributed by atoms with van der Waals surface area (Å²) in [6.45, 7) is 3.09. The first-order valence-corrected chi connectivity index (χ1v) is 11.0. The van der Waals surface area contributed by atoms with Gasteiger partial charge in [-0.1, -0.05) is 101 Å². The molecular weight excluding hydrogens is 342 g/mol. The first kappa shape index (κ1) is 22.1. The highest BCUT2D eigenvalue weighted by Gasteiger charge is 1.96. The molecule has 0 saturated heterocycles. The van der Waals surface area contributed by atoms with Crippen LogP contribution >= 0.6 is 0 Å². The zero-order valence-electron chi connectivity index (χ0n) is 17.5. The summed E-state index contributed by atoms with van der Waals surface area (Å²) >= 11 is 0. The zero-order chi connectivity index (χ0) is 19.9. The van der Waals surface area contributed by atoms with E-state index >= 15 is 0 Å². The van der Waals surface area contributed by atoms with Gasteiger partial charge in [-0.2, -0.15) is 0 Å². The van der Waals surface area contributed by atoms with Gasteiger partial charge in [-0.15, -0.1) is 0 Å². The minimum atomic E-state index is 0.793. The van der Waals surface area contributed by atoms with Gasteiger partial charge in [0.25, 0.3) is 0 Å². The van der Waals surface area contributed by atoms with Crippen molar-refractivity contribution in [2.75, 3.05) is 12.3 Å². The van der Waals surface area contributed by atoms with Crippen molar-refractivity contribution < 1.29 is 4.74 Å². The van der Waals surface area contributed by atoms with Crippen LogP contribution < -0.4 is 10.5 Å². The Balaban J connectivity index is 1.54. The number of ether oxygens (including phenoxy) is 1. The van der Waals surface area contributed by atoms with Gasteiger partial charge in [0.2, 0.25) is 0 Å². The molecule has 0 aliphatic carbocycles. The lowest BCUT2D eigenvalue weighted by molar-refractivity contribution is 0.304. The molecule has 0 atom stereocenters. The monoisotopic (exact) mass is 379 g/mol. The smallest absolute Gasteiger partial charge is 0.119 e. The van der Waals surface area contributed by atoms with Gasteiger partial charge in [-0.3, -0.25) is 0 Å². The van der Waals surface area contributed by atoms with Crippen LogP contribution in [0.5, 0.6) is 5.75 Å². The van der Waals surface area contributed by atoms with E-state index in [1.807, 2.05) is 24.3 Å². The zero-order valence-corrected chi connectivity index (χ0v) is 17.5. The number of nitrogens with two attached hydrogens (primary N) is 1. The minimum absolute atomic E-state index is 0.793. The van der Waals surface area contributed by atoms with Gasteiger partial charge < -0.3 is 10.5 Å². The predicted octanol–water partition coefficient (Wildman–Crippen LogP) is 7.74. The van der Waals surface area contributed by atoms with E-state index in [4.69, 9.17) is 10.5 Å². The van der Waals surface area contributed by atoms with Crippen LogP contribution in [0.1, 0.15) is 82.3 Å². The van der Waals surface area contributed by atoms with Crippen LogP contribution in [-0.2, 0) is 0 Å². The summed E-state index contributed by atoms with van der Waals surface area (Å²) in [6, 6.07) is 16.2. The van der Waals surface area contributed by atoms with Crippen LogP contribution in [0.2, 0.25) is 0 Å². The molecule has 0 heterocycles. The molecule has 0 amide bonds. The Hall–Kier alpha value is -2.22. The van der Waals surface area contributed by atoms with Crippen molar-refractivity contribution >= 4 is 17.8 Å². The molecule has 0 aromatic heterocycles. The summed E-state index contributed by atoms with van der Waals surface area (Å²) in [5.41, 5.74) is 8.82. The van der Waals surface area contributed by atoms with Gasteiger partial charge in [0.15, 0.2) is 0 Å². The minimum Gasteiger partial charge on any atom is -0.494 e. The molecule has 0 unspecified atom stereocenters. The normalized spacial score (nSPS) is 11.2. The van der Waals surface area contributed by atoms with Gasteiger partial charge in [-0.05, 0) is 41.8 Å². The number of hydrogen-bond donors (Lipinski definition) is 1. The van der Waals surface area contributed by atoms with Crippen molar-refractivity contribution in [3.63, 3.8) is 0 Å². The second-order valence-corrected chi connectivity index (χ2v) is 7.60. The third-order valence-corrected chi connectivity index (χ3v) is 5.05. The van der Waals surface area contributed by atoms with E-state index in [0.717, 1.165) is 30.0 Å². The molecule has 2 heteroatoms. The fraction of sp³-hybridized carbons (Fsp3) is 0.462. The van der Waals surface area contributed by atoms with Gasteiger partial charge >= 0.3 is 0 Å². The van der Waals surface area contributed by atoms with Crippen molar-refractivity contribution in [3.8, 4) is 5.75 Å². The van der Waals surface area contributed by atoms with Crippen LogP contribution in [0.25, 0.3) is 12.2 Å². The number of unbranched alkanes of at least 4 members (excludes halogenated alkanes) is 9. The maximum Gasteiger partial charge on any atom is 0.119 e. The lowest BCUT2D eigenvalue weighted by Gasteiger charge is -2.06. The average molecular weight is 380 g/mol. The number of hydrogen-bond acceptors (Lipinski definition) is 2. The lowest BCUT2D eigenvalue weighted by Crippen LogP contribution is -1.97. The van der Waals surface area contributed by atoms with E-state index < -0.39 is 0 Å². The van der Waals surface area contributed by atoms with Crippen molar-refractivity contribution in [3.05, 3.63) is 59.7 Å². The largest absolute Gasteiger partial charge is 0.494 e. The molecule has 0 bridgehead atoms. The second kappa shape index (κ2) is 13.9. The summed E-state index contributed by atoms with van der Waals surface area (Å²) in [6.07, 6.45) is 17.7. The quantitative estimate of drug-likeness (QED) is 0.207.